The fourth-order valence-corrected chi connectivity index (χ4v) is 3.64. The summed E-state index contributed by atoms with van der Waals surface area (Å²) in [6.07, 6.45) is -0.592. The van der Waals surface area contributed by atoms with E-state index >= 15 is 0 Å². The molecule has 0 saturated carbocycles. The molecule has 0 amide bonds. The summed E-state index contributed by atoms with van der Waals surface area (Å²) >= 11 is 0. The van der Waals surface area contributed by atoms with Gasteiger partial charge in [-0.05, 0) is 23.3 Å². The number of aliphatic hydroxyl groups excluding tert-OH is 1. The van der Waals surface area contributed by atoms with Crippen LogP contribution in [0, 0.1) is 0 Å². The van der Waals surface area contributed by atoms with E-state index in [4.69, 9.17) is 5.73 Å². The number of nitrogens with two attached hydrogens (primary N) is 1. The number of aliphatic carboxylic acids is 1. The molecule has 2 aromatic carbocycles. The number of carbonyl (C=O) groups is 1. The maximum atomic E-state index is 11.3. The fourth-order valence-electron chi connectivity index (χ4n) is 3.64. The molecular weight excluding hydrogens is 318 g/mol. The molecule has 0 spiro atoms. The highest BCUT2D eigenvalue weighted by Crippen LogP contribution is 2.42. The lowest BCUT2D eigenvalue weighted by Gasteiger charge is -2.17. The van der Waals surface area contributed by atoms with Crippen molar-refractivity contribution in [1.82, 2.24) is 4.98 Å². The highest BCUT2D eigenvalue weighted by atomic mass is 16.4. The molecule has 1 aromatic heterocycles. The minimum atomic E-state index is -1.04. The second-order valence-electron chi connectivity index (χ2n) is 6.37. The van der Waals surface area contributed by atoms with Gasteiger partial charge in [0.2, 0.25) is 0 Å². The Balaban J connectivity index is 1.88. The zero-order chi connectivity index (χ0) is 17.6. The van der Waals surface area contributed by atoms with Crippen molar-refractivity contribution in [2.75, 3.05) is 5.32 Å². The van der Waals surface area contributed by atoms with Gasteiger partial charge in [-0.2, -0.15) is 0 Å². The Kier molecular flexibility index (Phi) is 3.71. The van der Waals surface area contributed by atoms with Crippen LogP contribution in [0.5, 0.6) is 0 Å². The van der Waals surface area contributed by atoms with Gasteiger partial charge >= 0.3 is 5.97 Å². The minimum Gasteiger partial charge on any atom is -0.480 e. The number of rotatable bonds is 4. The van der Waals surface area contributed by atoms with Crippen LogP contribution >= 0.6 is 0 Å². The summed E-state index contributed by atoms with van der Waals surface area (Å²) in [5, 5.41) is 23.8. The van der Waals surface area contributed by atoms with Crippen LogP contribution in [0.3, 0.4) is 0 Å². The van der Waals surface area contributed by atoms with Gasteiger partial charge < -0.3 is 26.2 Å². The van der Waals surface area contributed by atoms with Gasteiger partial charge in [-0.25, -0.2) is 0 Å². The van der Waals surface area contributed by atoms with E-state index in [-0.39, 0.29) is 12.3 Å². The lowest BCUT2D eigenvalue weighted by atomic mass is 9.91. The van der Waals surface area contributed by atoms with E-state index in [0.717, 1.165) is 33.4 Å². The lowest BCUT2D eigenvalue weighted by molar-refractivity contribution is -0.138. The number of aromatic nitrogens is 1. The molecule has 0 saturated heterocycles. The quantitative estimate of drug-likeness (QED) is 0.500. The number of nitrogens with one attached hydrogen (secondary N) is 2. The molecule has 0 radical (unpaired) electrons. The summed E-state index contributed by atoms with van der Waals surface area (Å²) in [5.41, 5.74) is 10.2. The minimum absolute atomic E-state index is 0.195. The van der Waals surface area contributed by atoms with Crippen LogP contribution in [-0.2, 0) is 11.2 Å². The average Bonchev–Trinajstić information content (AvgIpc) is 3.11. The zero-order valence-electron chi connectivity index (χ0n) is 13.4. The molecule has 25 heavy (non-hydrogen) atoms. The third-order valence-electron chi connectivity index (χ3n) is 4.81. The van der Waals surface area contributed by atoms with Gasteiger partial charge in [-0.1, -0.05) is 36.4 Å². The molecule has 0 fully saturated rings. The zero-order valence-corrected chi connectivity index (χ0v) is 13.4. The topological polar surface area (TPSA) is 111 Å². The van der Waals surface area contributed by atoms with Crippen molar-refractivity contribution < 1.29 is 15.0 Å². The first-order chi connectivity index (χ1) is 12.1. The van der Waals surface area contributed by atoms with Crippen molar-refractivity contribution in [2.45, 2.75) is 24.6 Å². The van der Waals surface area contributed by atoms with E-state index in [1.165, 1.54) is 0 Å². The first-order valence-corrected chi connectivity index (χ1v) is 8.17. The van der Waals surface area contributed by atoms with Crippen molar-refractivity contribution in [2.24, 2.45) is 5.73 Å². The van der Waals surface area contributed by atoms with E-state index in [9.17, 15) is 15.0 Å². The van der Waals surface area contributed by atoms with Gasteiger partial charge in [-0.15, -0.1) is 0 Å². The number of para-hydroxylation sites is 2. The van der Waals surface area contributed by atoms with Crippen molar-refractivity contribution in [3.05, 3.63) is 65.4 Å². The first-order valence-electron chi connectivity index (χ1n) is 8.17. The Morgan fingerprint density at radius 1 is 1.16 bits per heavy atom. The fraction of sp³-hybridized carbons (Fsp3) is 0.211. The van der Waals surface area contributed by atoms with Crippen LogP contribution in [0.1, 0.15) is 22.7 Å². The summed E-state index contributed by atoms with van der Waals surface area (Å²) in [7, 11) is 0. The van der Waals surface area contributed by atoms with E-state index < -0.39 is 18.2 Å². The standard InChI is InChI=1S/C19H19N3O3/c20-13(19(24)25)9-12-10-5-1-3-7-14(10)21-17(12)16-11-6-2-4-8-15(11)22-18(16)23/h1-8,13,16,18,21-23H,9,20H2,(H,24,25). The van der Waals surface area contributed by atoms with Crippen LogP contribution in [0.4, 0.5) is 5.69 Å². The van der Waals surface area contributed by atoms with Gasteiger partial charge in [-0.3, -0.25) is 4.79 Å². The van der Waals surface area contributed by atoms with Crippen molar-refractivity contribution >= 4 is 22.6 Å². The number of hydrogen-bond acceptors (Lipinski definition) is 4. The SMILES string of the molecule is NC(Cc1c(C2c3ccccc3NC2O)[nH]c2ccccc12)C(=O)O. The summed E-state index contributed by atoms with van der Waals surface area (Å²) in [5.74, 6) is -1.35. The van der Waals surface area contributed by atoms with Crippen LogP contribution in [0.25, 0.3) is 10.9 Å². The molecule has 3 unspecified atom stereocenters. The Morgan fingerprint density at radius 2 is 1.88 bits per heavy atom. The third-order valence-corrected chi connectivity index (χ3v) is 4.81. The molecule has 6 N–H and O–H groups in total. The van der Waals surface area contributed by atoms with Gasteiger partial charge in [0.15, 0.2) is 0 Å². The number of hydrogen-bond donors (Lipinski definition) is 5. The maximum absolute atomic E-state index is 11.3. The van der Waals surface area contributed by atoms with Crippen LogP contribution in [0.2, 0.25) is 0 Å². The number of H-pyrrole nitrogens is 1. The average molecular weight is 337 g/mol. The molecule has 6 heteroatoms. The van der Waals surface area contributed by atoms with Crippen molar-refractivity contribution in [3.8, 4) is 0 Å². The predicted octanol–water partition coefficient (Wildman–Crippen LogP) is 2.00. The van der Waals surface area contributed by atoms with E-state index in [2.05, 4.69) is 10.3 Å². The maximum Gasteiger partial charge on any atom is 0.320 e. The molecule has 3 aromatic rings. The van der Waals surface area contributed by atoms with Gasteiger partial charge in [0.05, 0.1) is 5.92 Å². The Labute approximate surface area is 144 Å². The molecule has 2 heterocycles. The van der Waals surface area contributed by atoms with Crippen molar-refractivity contribution in [1.29, 1.82) is 0 Å². The van der Waals surface area contributed by atoms with Crippen LogP contribution in [-0.4, -0.2) is 33.4 Å². The van der Waals surface area contributed by atoms with E-state index in [0.29, 0.717) is 0 Å². The number of aromatic amines is 1. The summed E-state index contributed by atoms with van der Waals surface area (Å²) in [4.78, 5) is 14.6. The third kappa shape index (κ3) is 2.56. The number of carboxylic acid groups (broad SMARTS) is 1. The predicted molar refractivity (Wildman–Crippen MR) is 95.5 cm³/mol. The highest BCUT2D eigenvalue weighted by molar-refractivity contribution is 5.86. The molecule has 128 valence electrons. The van der Waals surface area contributed by atoms with Gasteiger partial charge in [0.1, 0.15) is 12.3 Å². The molecule has 3 atom stereocenters. The van der Waals surface area contributed by atoms with Gasteiger partial charge in [0.25, 0.3) is 0 Å². The second-order valence-corrected chi connectivity index (χ2v) is 6.37. The smallest absolute Gasteiger partial charge is 0.320 e. The second kappa shape index (κ2) is 5.91. The van der Waals surface area contributed by atoms with Crippen LogP contribution in [0.15, 0.2) is 48.5 Å². The number of benzene rings is 2. The van der Waals surface area contributed by atoms with E-state index in [1.807, 2.05) is 48.5 Å². The summed E-state index contributed by atoms with van der Waals surface area (Å²) in [6.45, 7) is 0. The summed E-state index contributed by atoms with van der Waals surface area (Å²) in [6, 6.07) is 14.4. The number of aliphatic hydroxyl groups is 1. The molecule has 0 aliphatic carbocycles. The number of fused-ring (bicyclic) bond motifs is 2. The Hall–Kier alpha value is -2.83. The van der Waals surface area contributed by atoms with E-state index in [1.54, 1.807) is 0 Å². The monoisotopic (exact) mass is 337 g/mol. The lowest BCUT2D eigenvalue weighted by Crippen LogP contribution is -2.33. The Morgan fingerprint density at radius 3 is 2.68 bits per heavy atom. The molecule has 4 rings (SSSR count). The molecule has 6 nitrogen and oxygen atoms in total. The number of anilines is 1. The van der Waals surface area contributed by atoms with Crippen molar-refractivity contribution in [3.63, 3.8) is 0 Å². The molecule has 1 aliphatic heterocycles. The number of carboxylic acids is 1. The summed E-state index contributed by atoms with van der Waals surface area (Å²) < 4.78 is 0. The van der Waals surface area contributed by atoms with Gasteiger partial charge in [0, 0.05) is 28.7 Å². The molecule has 1 aliphatic rings. The van der Waals surface area contributed by atoms with Crippen LogP contribution < -0.4 is 11.1 Å². The Bertz CT molecular complexity index is 950. The largest absolute Gasteiger partial charge is 0.480 e. The molecular formula is C19H19N3O3. The normalized spacial score (nSPS) is 20.2. The molecule has 0 bridgehead atoms. The first kappa shape index (κ1) is 15.7. The highest BCUT2D eigenvalue weighted by Gasteiger charge is 2.35.